The van der Waals surface area contributed by atoms with E-state index < -0.39 is 17.0 Å². The van der Waals surface area contributed by atoms with Crippen molar-refractivity contribution in [2.75, 3.05) is 11.9 Å². The normalized spacial score (nSPS) is 11.4. The Morgan fingerprint density at radius 3 is 2.53 bits per heavy atom. The highest BCUT2D eigenvalue weighted by molar-refractivity contribution is 5.94. The highest BCUT2D eigenvalue weighted by atomic mass is 19.2. The second kappa shape index (κ2) is 5.23. The van der Waals surface area contributed by atoms with E-state index in [2.05, 4.69) is 5.32 Å². The van der Waals surface area contributed by atoms with Gasteiger partial charge in [-0.05, 0) is 25.1 Å². The lowest BCUT2D eigenvalue weighted by molar-refractivity contribution is -0.124. The van der Waals surface area contributed by atoms with Crippen molar-refractivity contribution in [2.24, 2.45) is 11.1 Å². The summed E-state index contributed by atoms with van der Waals surface area (Å²) in [6, 6.07) is 3.24. The Labute approximate surface area is 99.0 Å². The minimum Gasteiger partial charge on any atom is -0.330 e. The summed E-state index contributed by atoms with van der Waals surface area (Å²) in [6.07, 6.45) is 0.516. The van der Waals surface area contributed by atoms with Gasteiger partial charge in [-0.25, -0.2) is 8.78 Å². The quantitative estimate of drug-likeness (QED) is 0.851. The summed E-state index contributed by atoms with van der Waals surface area (Å²) in [4.78, 5) is 11.8. The van der Waals surface area contributed by atoms with E-state index in [9.17, 15) is 13.6 Å². The molecule has 0 fully saturated rings. The monoisotopic (exact) mass is 242 g/mol. The van der Waals surface area contributed by atoms with E-state index in [1.807, 2.05) is 0 Å². The van der Waals surface area contributed by atoms with E-state index >= 15 is 0 Å². The zero-order valence-electron chi connectivity index (χ0n) is 9.89. The van der Waals surface area contributed by atoms with Crippen molar-refractivity contribution in [1.82, 2.24) is 0 Å². The Hall–Kier alpha value is -1.49. The Kier molecular flexibility index (Phi) is 4.17. The van der Waals surface area contributed by atoms with Crippen LogP contribution in [0.25, 0.3) is 0 Å². The molecule has 0 spiro atoms. The molecule has 3 nitrogen and oxygen atoms in total. The van der Waals surface area contributed by atoms with Gasteiger partial charge in [-0.15, -0.1) is 0 Å². The lowest BCUT2D eigenvalue weighted by Crippen LogP contribution is -2.32. The lowest BCUT2D eigenvalue weighted by atomic mass is 9.88. The number of nitrogens with one attached hydrogen (secondary N) is 1. The summed E-state index contributed by atoms with van der Waals surface area (Å²) in [5.74, 6) is -2.20. The number of nitrogens with two attached hydrogens (primary N) is 1. The van der Waals surface area contributed by atoms with Gasteiger partial charge in [0.25, 0.3) is 0 Å². The van der Waals surface area contributed by atoms with Crippen LogP contribution in [0.2, 0.25) is 0 Å². The molecule has 0 saturated carbocycles. The molecule has 0 aliphatic heterocycles. The van der Waals surface area contributed by atoms with Crippen LogP contribution in [0.1, 0.15) is 20.3 Å². The first-order valence-electron chi connectivity index (χ1n) is 5.33. The van der Waals surface area contributed by atoms with Crippen molar-refractivity contribution in [3.63, 3.8) is 0 Å². The van der Waals surface area contributed by atoms with Gasteiger partial charge in [-0.3, -0.25) is 4.79 Å². The van der Waals surface area contributed by atoms with Crippen molar-refractivity contribution in [3.05, 3.63) is 29.8 Å². The van der Waals surface area contributed by atoms with Crippen molar-refractivity contribution in [3.8, 4) is 0 Å². The van der Waals surface area contributed by atoms with E-state index in [0.29, 0.717) is 13.0 Å². The first kappa shape index (κ1) is 13.6. The molecule has 0 aliphatic carbocycles. The largest absolute Gasteiger partial charge is 0.330 e. The molecule has 1 aromatic carbocycles. The number of rotatable bonds is 4. The van der Waals surface area contributed by atoms with Gasteiger partial charge in [0.2, 0.25) is 5.91 Å². The SMILES string of the molecule is CC(C)(CCN)C(=O)Nc1ccc(F)c(F)c1. The van der Waals surface area contributed by atoms with Crippen LogP contribution in [0.5, 0.6) is 0 Å². The molecule has 0 bridgehead atoms. The van der Waals surface area contributed by atoms with E-state index in [-0.39, 0.29) is 11.6 Å². The first-order valence-corrected chi connectivity index (χ1v) is 5.33. The van der Waals surface area contributed by atoms with E-state index in [1.165, 1.54) is 6.07 Å². The van der Waals surface area contributed by atoms with Crippen LogP contribution in [0.3, 0.4) is 0 Å². The average Bonchev–Trinajstić information content (AvgIpc) is 2.23. The summed E-state index contributed by atoms with van der Waals surface area (Å²) < 4.78 is 25.6. The van der Waals surface area contributed by atoms with Gasteiger partial charge in [0.1, 0.15) is 0 Å². The topological polar surface area (TPSA) is 55.1 Å². The molecule has 0 heterocycles. The number of anilines is 1. The minimum atomic E-state index is -0.987. The standard InChI is InChI=1S/C12H16F2N2O/c1-12(2,5-6-15)11(17)16-8-3-4-9(13)10(14)7-8/h3-4,7H,5-6,15H2,1-2H3,(H,16,17). The predicted octanol–water partition coefficient (Wildman–Crippen LogP) is 2.28. The molecule has 17 heavy (non-hydrogen) atoms. The molecule has 94 valence electrons. The molecule has 0 saturated heterocycles. The highest BCUT2D eigenvalue weighted by Gasteiger charge is 2.26. The Balaban J connectivity index is 2.77. The predicted molar refractivity (Wildman–Crippen MR) is 62.4 cm³/mol. The summed E-state index contributed by atoms with van der Waals surface area (Å²) in [5.41, 5.74) is 5.00. The van der Waals surface area contributed by atoms with E-state index in [1.54, 1.807) is 13.8 Å². The zero-order valence-corrected chi connectivity index (χ0v) is 9.89. The van der Waals surface area contributed by atoms with Gasteiger partial charge < -0.3 is 11.1 Å². The summed E-state index contributed by atoms with van der Waals surface area (Å²) in [5, 5.41) is 2.53. The molecule has 3 N–H and O–H groups in total. The maximum absolute atomic E-state index is 12.9. The summed E-state index contributed by atoms with van der Waals surface area (Å²) in [6.45, 7) is 3.88. The fraction of sp³-hybridized carbons (Fsp3) is 0.417. The van der Waals surface area contributed by atoms with Crippen LogP contribution in [-0.2, 0) is 4.79 Å². The molecule has 1 aromatic rings. The Morgan fingerprint density at radius 1 is 1.35 bits per heavy atom. The van der Waals surface area contributed by atoms with Crippen molar-refractivity contribution in [2.45, 2.75) is 20.3 Å². The van der Waals surface area contributed by atoms with Gasteiger partial charge >= 0.3 is 0 Å². The van der Waals surface area contributed by atoms with Crippen LogP contribution in [-0.4, -0.2) is 12.5 Å². The molecule has 0 atom stereocenters. The number of benzene rings is 1. The van der Waals surface area contributed by atoms with Gasteiger partial charge in [-0.1, -0.05) is 13.8 Å². The number of carbonyl (C=O) groups is 1. The van der Waals surface area contributed by atoms with Gasteiger partial charge in [0.05, 0.1) is 0 Å². The van der Waals surface area contributed by atoms with Crippen LogP contribution in [0, 0.1) is 17.0 Å². The molecule has 0 aromatic heterocycles. The van der Waals surface area contributed by atoms with Crippen LogP contribution in [0.4, 0.5) is 14.5 Å². The van der Waals surface area contributed by atoms with E-state index in [0.717, 1.165) is 12.1 Å². The third-order valence-corrected chi connectivity index (χ3v) is 2.56. The third-order valence-electron chi connectivity index (χ3n) is 2.56. The second-order valence-corrected chi connectivity index (χ2v) is 4.51. The highest BCUT2D eigenvalue weighted by Crippen LogP contribution is 2.22. The molecule has 1 amide bonds. The molecule has 0 radical (unpaired) electrons. The number of carbonyl (C=O) groups excluding carboxylic acids is 1. The van der Waals surface area contributed by atoms with Gasteiger partial charge in [0.15, 0.2) is 11.6 Å². The smallest absolute Gasteiger partial charge is 0.230 e. The molecular formula is C12H16F2N2O. The number of amides is 1. The van der Waals surface area contributed by atoms with Crippen molar-refractivity contribution in [1.29, 1.82) is 0 Å². The average molecular weight is 242 g/mol. The summed E-state index contributed by atoms with van der Waals surface area (Å²) in [7, 11) is 0. The van der Waals surface area contributed by atoms with Crippen molar-refractivity contribution >= 4 is 11.6 Å². The van der Waals surface area contributed by atoms with Gasteiger partial charge in [0, 0.05) is 17.2 Å². The first-order chi connectivity index (χ1) is 7.86. The van der Waals surface area contributed by atoms with Crippen molar-refractivity contribution < 1.29 is 13.6 Å². The maximum atomic E-state index is 12.9. The Bertz CT molecular complexity index is 419. The van der Waals surface area contributed by atoms with Gasteiger partial charge in [-0.2, -0.15) is 0 Å². The molecule has 5 heteroatoms. The number of hydrogen-bond acceptors (Lipinski definition) is 2. The second-order valence-electron chi connectivity index (χ2n) is 4.51. The number of halogens is 2. The molecule has 1 rings (SSSR count). The zero-order chi connectivity index (χ0) is 13.1. The minimum absolute atomic E-state index is 0.235. The molecular weight excluding hydrogens is 226 g/mol. The third kappa shape index (κ3) is 3.49. The lowest BCUT2D eigenvalue weighted by Gasteiger charge is -2.22. The van der Waals surface area contributed by atoms with Crippen LogP contribution < -0.4 is 11.1 Å². The molecule has 0 unspecified atom stereocenters. The fourth-order valence-electron chi connectivity index (χ4n) is 1.35. The molecule has 0 aliphatic rings. The van der Waals surface area contributed by atoms with Crippen LogP contribution >= 0.6 is 0 Å². The summed E-state index contributed by atoms with van der Waals surface area (Å²) >= 11 is 0. The maximum Gasteiger partial charge on any atom is 0.230 e. The number of hydrogen-bond donors (Lipinski definition) is 2. The Morgan fingerprint density at radius 2 is 2.00 bits per heavy atom. The van der Waals surface area contributed by atoms with E-state index in [4.69, 9.17) is 5.73 Å². The fourth-order valence-corrected chi connectivity index (χ4v) is 1.35. The van der Waals surface area contributed by atoms with Crippen LogP contribution in [0.15, 0.2) is 18.2 Å².